The zero-order valence-corrected chi connectivity index (χ0v) is 19.9. The number of ketones is 1. The molecule has 1 amide bonds. The monoisotopic (exact) mass is 510 g/mol. The van der Waals surface area contributed by atoms with Crippen LogP contribution in [0.3, 0.4) is 0 Å². The quantitative estimate of drug-likeness (QED) is 0.491. The van der Waals surface area contributed by atoms with Gasteiger partial charge in [0.15, 0.2) is 23.5 Å². The molecular weight excluding hydrogens is 486 g/mol. The van der Waals surface area contributed by atoms with Crippen molar-refractivity contribution in [3.05, 3.63) is 99.0 Å². The molecule has 1 fully saturated rings. The molecule has 1 saturated heterocycles. The van der Waals surface area contributed by atoms with E-state index >= 15 is 0 Å². The second-order valence-corrected chi connectivity index (χ2v) is 9.04. The SMILES string of the molecule is COC[C@H]1[C@H](c2ccccc2)OC2Cn3cc(C(=O)CCc4ccc(F)cc4F)c(=O)c(O)c3C(=O)N21. The molecule has 1 N–H and O–H groups in total. The van der Waals surface area contributed by atoms with E-state index in [2.05, 4.69) is 0 Å². The normalized spacial score (nSPS) is 20.6. The van der Waals surface area contributed by atoms with Gasteiger partial charge in [-0.05, 0) is 23.6 Å². The molecule has 3 atom stereocenters. The second-order valence-electron chi connectivity index (χ2n) is 9.04. The minimum Gasteiger partial charge on any atom is -0.503 e. The number of ether oxygens (including phenoxy) is 2. The van der Waals surface area contributed by atoms with Crippen molar-refractivity contribution in [3.63, 3.8) is 0 Å². The number of methoxy groups -OCH3 is 1. The molecule has 0 saturated carbocycles. The summed E-state index contributed by atoms with van der Waals surface area (Å²) in [5.74, 6) is -3.61. The van der Waals surface area contributed by atoms with Crippen LogP contribution in [0, 0.1) is 11.6 Å². The van der Waals surface area contributed by atoms with Crippen molar-refractivity contribution in [3.8, 4) is 5.75 Å². The predicted octanol–water partition coefficient (Wildman–Crippen LogP) is 3.22. The van der Waals surface area contributed by atoms with Crippen LogP contribution in [0.15, 0.2) is 59.5 Å². The minimum absolute atomic E-state index is 0.0667. The maximum Gasteiger partial charge on any atom is 0.277 e. The van der Waals surface area contributed by atoms with Crippen LogP contribution in [0.4, 0.5) is 8.78 Å². The Kier molecular flexibility index (Phi) is 6.61. The highest BCUT2D eigenvalue weighted by Gasteiger charge is 2.49. The van der Waals surface area contributed by atoms with Gasteiger partial charge >= 0.3 is 0 Å². The lowest BCUT2D eigenvalue weighted by molar-refractivity contribution is -0.0155. The van der Waals surface area contributed by atoms with Crippen molar-refractivity contribution in [1.29, 1.82) is 0 Å². The van der Waals surface area contributed by atoms with Crippen molar-refractivity contribution < 1.29 is 33.0 Å². The average molecular weight is 510 g/mol. The van der Waals surface area contributed by atoms with Gasteiger partial charge in [0.1, 0.15) is 17.7 Å². The van der Waals surface area contributed by atoms with Crippen LogP contribution in [0.2, 0.25) is 0 Å². The molecule has 3 heterocycles. The Labute approximate surface area is 210 Å². The van der Waals surface area contributed by atoms with E-state index < -0.39 is 52.9 Å². The molecular formula is C27H24F2N2O6. The van der Waals surface area contributed by atoms with Gasteiger partial charge in [0, 0.05) is 25.8 Å². The Morgan fingerprint density at radius 1 is 1.16 bits per heavy atom. The third-order valence-electron chi connectivity index (χ3n) is 6.77. The molecule has 1 unspecified atom stereocenters. The number of hydrogen-bond acceptors (Lipinski definition) is 6. The Hall–Kier alpha value is -3.89. The number of aromatic hydroxyl groups is 1. The van der Waals surface area contributed by atoms with Gasteiger partial charge in [-0.1, -0.05) is 36.4 Å². The first kappa shape index (κ1) is 24.8. The van der Waals surface area contributed by atoms with Gasteiger partial charge in [-0.3, -0.25) is 14.4 Å². The lowest BCUT2D eigenvalue weighted by Gasteiger charge is -2.34. The zero-order valence-electron chi connectivity index (χ0n) is 19.9. The number of nitrogens with zero attached hydrogens (tertiary/aromatic N) is 2. The number of fused-ring (bicyclic) bond motifs is 2. The highest BCUT2D eigenvalue weighted by atomic mass is 19.1. The summed E-state index contributed by atoms with van der Waals surface area (Å²) in [4.78, 5) is 40.7. The fraction of sp³-hybridized carbons (Fsp3) is 0.296. The Morgan fingerprint density at radius 3 is 2.62 bits per heavy atom. The molecule has 2 aliphatic heterocycles. The zero-order chi connectivity index (χ0) is 26.3. The first-order valence-electron chi connectivity index (χ1n) is 11.8. The number of hydrogen-bond donors (Lipinski definition) is 1. The predicted molar refractivity (Wildman–Crippen MR) is 127 cm³/mol. The lowest BCUT2D eigenvalue weighted by Crippen LogP contribution is -2.51. The van der Waals surface area contributed by atoms with E-state index in [1.807, 2.05) is 30.3 Å². The molecule has 0 radical (unpaired) electrons. The molecule has 0 bridgehead atoms. The molecule has 8 nitrogen and oxygen atoms in total. The number of rotatable bonds is 7. The highest BCUT2D eigenvalue weighted by Crippen LogP contribution is 2.39. The van der Waals surface area contributed by atoms with Crippen molar-refractivity contribution in [2.24, 2.45) is 0 Å². The molecule has 192 valence electrons. The van der Waals surface area contributed by atoms with Crippen LogP contribution in [-0.2, 0) is 22.4 Å². The maximum absolute atomic E-state index is 14.0. The molecule has 1 aromatic heterocycles. The Balaban J connectivity index is 1.44. The number of benzene rings is 2. The van der Waals surface area contributed by atoms with Crippen LogP contribution in [-0.4, -0.2) is 52.3 Å². The van der Waals surface area contributed by atoms with Gasteiger partial charge in [0.25, 0.3) is 5.91 Å². The van der Waals surface area contributed by atoms with E-state index in [9.17, 15) is 28.3 Å². The minimum atomic E-state index is -0.981. The number of halogens is 2. The fourth-order valence-electron chi connectivity index (χ4n) is 4.99. The largest absolute Gasteiger partial charge is 0.503 e. The number of carbonyl (C=O) groups is 2. The summed E-state index contributed by atoms with van der Waals surface area (Å²) in [6, 6.07) is 11.9. The number of pyridine rings is 1. The van der Waals surface area contributed by atoms with Gasteiger partial charge in [-0.25, -0.2) is 8.78 Å². The maximum atomic E-state index is 14.0. The Bertz CT molecular complexity index is 1420. The number of aryl methyl sites for hydroxylation is 1. The van der Waals surface area contributed by atoms with Crippen molar-refractivity contribution >= 4 is 11.7 Å². The van der Waals surface area contributed by atoms with Gasteiger partial charge in [0.2, 0.25) is 5.43 Å². The molecule has 37 heavy (non-hydrogen) atoms. The highest BCUT2D eigenvalue weighted by molar-refractivity contribution is 6.00. The smallest absolute Gasteiger partial charge is 0.277 e. The van der Waals surface area contributed by atoms with E-state index in [0.29, 0.717) is 0 Å². The summed E-state index contributed by atoms with van der Waals surface area (Å²) in [5.41, 5.74) is -0.570. The average Bonchev–Trinajstić information content (AvgIpc) is 3.24. The van der Waals surface area contributed by atoms with Crippen molar-refractivity contribution in [1.82, 2.24) is 9.47 Å². The van der Waals surface area contributed by atoms with E-state index in [-0.39, 0.29) is 42.8 Å². The third kappa shape index (κ3) is 4.42. The van der Waals surface area contributed by atoms with Crippen LogP contribution >= 0.6 is 0 Å². The van der Waals surface area contributed by atoms with Crippen LogP contribution < -0.4 is 5.43 Å². The topological polar surface area (TPSA) is 98.1 Å². The molecule has 10 heteroatoms. The molecule has 2 aromatic carbocycles. The standard InChI is InChI=1S/C27H24F2N2O6/c1-36-14-20-26(16-5-3-2-4-6-16)37-22-13-30-12-18(24(33)25(34)23(30)27(35)31(20)22)21(32)10-8-15-7-9-17(28)11-19(15)29/h2-7,9,11-12,20,22,26,34H,8,10,13-14H2,1H3/t20-,22?,26-/m0/s1. The fourth-order valence-corrected chi connectivity index (χ4v) is 4.99. The molecule has 0 aliphatic carbocycles. The summed E-state index contributed by atoms with van der Waals surface area (Å²) in [6.45, 7) is 0.245. The van der Waals surface area contributed by atoms with Crippen LogP contribution in [0.5, 0.6) is 5.75 Å². The van der Waals surface area contributed by atoms with Gasteiger partial charge in [-0.15, -0.1) is 0 Å². The van der Waals surface area contributed by atoms with Crippen molar-refractivity contribution in [2.75, 3.05) is 13.7 Å². The second kappa shape index (κ2) is 9.87. The number of carbonyl (C=O) groups excluding carboxylic acids is 2. The molecule has 5 rings (SSSR count). The summed E-state index contributed by atoms with van der Waals surface area (Å²) in [6.07, 6.45) is -0.291. The number of Topliss-reactive ketones (excluding diaryl/α,β-unsaturated/α-hetero) is 1. The van der Waals surface area contributed by atoms with Crippen LogP contribution in [0.1, 0.15) is 44.5 Å². The van der Waals surface area contributed by atoms with Crippen molar-refractivity contribution in [2.45, 2.75) is 37.8 Å². The van der Waals surface area contributed by atoms with E-state index in [4.69, 9.17) is 9.47 Å². The summed E-state index contributed by atoms with van der Waals surface area (Å²) in [5, 5.41) is 10.7. The molecule has 3 aromatic rings. The van der Waals surface area contributed by atoms with Gasteiger partial charge in [0.05, 0.1) is 24.8 Å². The summed E-state index contributed by atoms with van der Waals surface area (Å²) >= 11 is 0. The van der Waals surface area contributed by atoms with Gasteiger partial charge in [-0.2, -0.15) is 0 Å². The van der Waals surface area contributed by atoms with Gasteiger partial charge < -0.3 is 24.0 Å². The lowest BCUT2D eigenvalue weighted by atomic mass is 10.0. The van der Waals surface area contributed by atoms with Crippen LogP contribution in [0.25, 0.3) is 0 Å². The third-order valence-corrected chi connectivity index (χ3v) is 6.77. The first-order chi connectivity index (χ1) is 17.8. The number of aromatic nitrogens is 1. The molecule has 2 aliphatic rings. The van der Waals surface area contributed by atoms with E-state index in [1.165, 1.54) is 28.8 Å². The first-order valence-corrected chi connectivity index (χ1v) is 11.8. The molecule has 0 spiro atoms. The Morgan fingerprint density at radius 2 is 1.92 bits per heavy atom. The summed E-state index contributed by atoms with van der Waals surface area (Å²) in [7, 11) is 1.51. The van der Waals surface area contributed by atoms with E-state index in [1.54, 1.807) is 0 Å². The van der Waals surface area contributed by atoms with E-state index in [0.717, 1.165) is 17.7 Å². The number of amides is 1. The summed E-state index contributed by atoms with van der Waals surface area (Å²) < 4.78 is 40.0.